The Morgan fingerprint density at radius 1 is 1.20 bits per heavy atom. The van der Waals surface area contributed by atoms with Gasteiger partial charge in [-0.05, 0) is 75.7 Å². The van der Waals surface area contributed by atoms with Gasteiger partial charge in [0.25, 0.3) is 5.91 Å². The number of carbonyl (C=O) groups excluding carboxylic acids is 3. The van der Waals surface area contributed by atoms with E-state index in [1.165, 1.54) is 18.0 Å². The lowest BCUT2D eigenvalue weighted by atomic mass is 9.47. The zero-order valence-corrected chi connectivity index (χ0v) is 24.8. The maximum Gasteiger partial charge on any atom is 0.407 e. The average molecular weight is 580 g/mol. The molecule has 3 amide bonds. The minimum Gasteiger partial charge on any atom is -0.477 e. The van der Waals surface area contributed by atoms with Crippen molar-refractivity contribution in [3.63, 3.8) is 0 Å². The third-order valence-electron chi connectivity index (χ3n) is 8.12. The van der Waals surface area contributed by atoms with E-state index >= 15 is 0 Å². The van der Waals surface area contributed by atoms with Gasteiger partial charge in [0.1, 0.15) is 5.56 Å². The molecule has 0 spiro atoms. The van der Waals surface area contributed by atoms with Gasteiger partial charge in [-0.3, -0.25) is 14.3 Å². The molecule has 5 rings (SSSR count). The summed E-state index contributed by atoms with van der Waals surface area (Å²) in [6.45, 7) is 7.97. The summed E-state index contributed by atoms with van der Waals surface area (Å²) in [7, 11) is -2.36. The number of alkyl carbamates (subject to hydrolysis) is 1. The van der Waals surface area contributed by atoms with Crippen LogP contribution in [0.15, 0.2) is 12.3 Å². The van der Waals surface area contributed by atoms with Crippen LogP contribution < -0.4 is 20.1 Å². The van der Waals surface area contributed by atoms with Gasteiger partial charge >= 0.3 is 6.09 Å². The number of nitrogens with zero attached hydrogens (tertiary/aromatic N) is 2. The number of amides is 3. The highest BCUT2D eigenvalue weighted by Gasteiger charge is 2.59. The van der Waals surface area contributed by atoms with E-state index < -0.39 is 33.0 Å². The Balaban J connectivity index is 1.52. The van der Waals surface area contributed by atoms with Gasteiger partial charge in [-0.2, -0.15) is 5.10 Å². The zero-order valence-electron chi connectivity index (χ0n) is 24.0. The molecule has 0 aliphatic heterocycles. The van der Waals surface area contributed by atoms with Crippen molar-refractivity contribution in [2.45, 2.75) is 71.4 Å². The second-order valence-corrected chi connectivity index (χ2v) is 14.4. The first-order chi connectivity index (χ1) is 18.6. The van der Waals surface area contributed by atoms with Crippen LogP contribution in [-0.4, -0.2) is 67.7 Å². The number of aromatic nitrogens is 2. The monoisotopic (exact) mass is 579 g/mol. The lowest BCUT2D eigenvalue weighted by molar-refractivity contribution is -0.146. The predicted octanol–water partition coefficient (Wildman–Crippen LogP) is 2.52. The highest BCUT2D eigenvalue weighted by atomic mass is 32.2. The zero-order chi connectivity index (χ0) is 29.5. The lowest BCUT2D eigenvalue weighted by Crippen LogP contribution is -2.62. The predicted molar refractivity (Wildman–Crippen MR) is 148 cm³/mol. The van der Waals surface area contributed by atoms with Gasteiger partial charge in [0.15, 0.2) is 0 Å². The summed E-state index contributed by atoms with van der Waals surface area (Å²) in [6.07, 6.45) is 8.84. The summed E-state index contributed by atoms with van der Waals surface area (Å²) >= 11 is 0. The molecule has 1 aromatic heterocycles. The Morgan fingerprint density at radius 2 is 1.85 bits per heavy atom. The molecule has 0 saturated heterocycles. The smallest absolute Gasteiger partial charge is 0.407 e. The van der Waals surface area contributed by atoms with E-state index in [0.717, 1.165) is 19.1 Å². The number of rotatable bonds is 10. The molecule has 1 heterocycles. The Hall–Kier alpha value is -3.09. The second-order valence-electron chi connectivity index (χ2n) is 12.6. The van der Waals surface area contributed by atoms with Crippen molar-refractivity contribution in [2.24, 2.45) is 29.1 Å². The van der Waals surface area contributed by atoms with Crippen LogP contribution in [0.4, 0.5) is 4.79 Å². The number of methoxy groups -OCH3 is 1. The topological polar surface area (TPSA) is 158 Å². The number of ether oxygens (including phenoxy) is 2. The minimum absolute atomic E-state index is 0.0840. The van der Waals surface area contributed by atoms with Crippen molar-refractivity contribution in [3.05, 3.63) is 17.8 Å². The van der Waals surface area contributed by atoms with Crippen LogP contribution in [0.1, 0.15) is 70.2 Å². The molecule has 4 aliphatic rings. The maximum atomic E-state index is 13.6. The number of hydrogen-bond donors (Lipinski definition) is 3. The molecule has 4 bridgehead atoms. The molecule has 12 nitrogen and oxygen atoms in total. The first-order valence-electron chi connectivity index (χ1n) is 13.7. The summed E-state index contributed by atoms with van der Waals surface area (Å²) < 4.78 is 37.9. The van der Waals surface area contributed by atoms with E-state index in [1.54, 1.807) is 26.1 Å². The van der Waals surface area contributed by atoms with Gasteiger partial charge in [0.2, 0.25) is 21.8 Å². The molecule has 4 aliphatic carbocycles. The Kier molecular flexibility index (Phi) is 8.26. The van der Waals surface area contributed by atoms with Crippen LogP contribution in [0.5, 0.6) is 5.88 Å². The van der Waals surface area contributed by atoms with E-state index in [1.807, 2.05) is 13.8 Å². The van der Waals surface area contributed by atoms with Crippen molar-refractivity contribution < 1.29 is 32.3 Å². The van der Waals surface area contributed by atoms with Crippen LogP contribution in [0.25, 0.3) is 6.20 Å². The molecule has 0 radical (unpaired) electrons. The molecule has 3 N–H and O–H groups in total. The quantitative estimate of drug-likeness (QED) is 0.382. The van der Waals surface area contributed by atoms with Gasteiger partial charge in [0, 0.05) is 12.2 Å². The molecule has 1 aromatic rings. The molecule has 13 heteroatoms. The second kappa shape index (κ2) is 11.1. The Labute approximate surface area is 235 Å². The molecule has 4 fully saturated rings. The van der Waals surface area contributed by atoms with E-state index in [2.05, 4.69) is 25.2 Å². The average Bonchev–Trinajstić information content (AvgIpc) is 3.24. The Morgan fingerprint density at radius 3 is 2.42 bits per heavy atom. The summed E-state index contributed by atoms with van der Waals surface area (Å²) in [5.41, 5.74) is -1.16. The van der Waals surface area contributed by atoms with Gasteiger partial charge in [-0.15, -0.1) is 0 Å². The van der Waals surface area contributed by atoms with E-state index in [4.69, 9.17) is 4.74 Å². The minimum atomic E-state index is -3.65. The molecule has 222 valence electrons. The Bertz CT molecular complexity index is 1270. The number of sulfonamides is 1. The van der Waals surface area contributed by atoms with Crippen molar-refractivity contribution in [1.82, 2.24) is 25.1 Å². The number of carbonyl (C=O) groups is 3. The van der Waals surface area contributed by atoms with Gasteiger partial charge in [-0.1, -0.05) is 13.8 Å². The maximum absolute atomic E-state index is 13.6. The van der Waals surface area contributed by atoms with E-state index in [0.29, 0.717) is 43.2 Å². The van der Waals surface area contributed by atoms with Crippen LogP contribution in [0.3, 0.4) is 0 Å². The standard InChI is InChI=1S/C27H41N5O7S/c1-16(2)15-39-23-20(14-28-32(23)8-7-26(3,4)30-25(35)38-5)22(33)29-21-18-9-17-10-19(21)13-27(11-17,12-18)24(34)31-40(6,36)37/h7-8,14,16-19,21H,9-13,15H2,1-6H3,(H,29,33)(H,30,35)(H,31,34). The summed E-state index contributed by atoms with van der Waals surface area (Å²) in [5, 5.41) is 10.3. The third-order valence-corrected chi connectivity index (χ3v) is 8.68. The number of hydrogen-bond acceptors (Lipinski definition) is 8. The highest BCUT2D eigenvalue weighted by Crippen LogP contribution is 2.60. The first-order valence-corrected chi connectivity index (χ1v) is 15.6. The summed E-state index contributed by atoms with van der Waals surface area (Å²) in [5.74, 6) is 0.291. The number of nitrogens with one attached hydrogen (secondary N) is 3. The van der Waals surface area contributed by atoms with E-state index in [9.17, 15) is 22.8 Å². The van der Waals surface area contributed by atoms with Crippen LogP contribution in [-0.2, 0) is 19.6 Å². The summed E-state index contributed by atoms with van der Waals surface area (Å²) in [6, 6.07) is -0.122. The summed E-state index contributed by atoms with van der Waals surface area (Å²) in [4.78, 5) is 38.3. The molecule has 4 saturated carbocycles. The van der Waals surface area contributed by atoms with Crippen molar-refractivity contribution >= 4 is 34.1 Å². The lowest BCUT2D eigenvalue weighted by Gasteiger charge is -2.59. The molecule has 2 atom stereocenters. The van der Waals surface area contributed by atoms with E-state index in [-0.39, 0.29) is 29.7 Å². The molecular formula is C27H41N5O7S. The molecule has 0 aromatic carbocycles. The molecule has 2 unspecified atom stereocenters. The molecule has 40 heavy (non-hydrogen) atoms. The first kappa shape index (κ1) is 29.9. The fourth-order valence-corrected chi connectivity index (χ4v) is 7.21. The van der Waals surface area contributed by atoms with Gasteiger partial charge < -0.3 is 20.1 Å². The van der Waals surface area contributed by atoms with Crippen molar-refractivity contribution in [2.75, 3.05) is 20.0 Å². The van der Waals surface area contributed by atoms with Gasteiger partial charge in [0.05, 0.1) is 37.1 Å². The normalized spacial score (nSPS) is 27.6. The fourth-order valence-electron chi connectivity index (χ4n) is 6.66. The fraction of sp³-hybridized carbons (Fsp3) is 0.704. The largest absolute Gasteiger partial charge is 0.477 e. The van der Waals surface area contributed by atoms with Crippen LogP contribution >= 0.6 is 0 Å². The third kappa shape index (κ3) is 6.61. The van der Waals surface area contributed by atoms with Crippen molar-refractivity contribution in [1.29, 1.82) is 0 Å². The van der Waals surface area contributed by atoms with Crippen LogP contribution in [0, 0.1) is 29.1 Å². The molecular weight excluding hydrogens is 538 g/mol. The SMILES string of the molecule is COC(=O)NC(C)(C)C=Cn1ncc(C(=O)NC2C3CC4CC2CC(C(=O)NS(C)(=O)=O)(C4)C3)c1OCC(C)C. The van der Waals surface area contributed by atoms with Crippen LogP contribution in [0.2, 0.25) is 0 Å². The van der Waals surface area contributed by atoms with Gasteiger partial charge in [-0.25, -0.2) is 17.9 Å². The van der Waals surface area contributed by atoms with Crippen molar-refractivity contribution in [3.8, 4) is 5.88 Å². The highest BCUT2D eigenvalue weighted by molar-refractivity contribution is 7.89.